The molecule has 3 rings (SSSR count). The smallest absolute Gasteiger partial charge is 0.145 e. The number of hydrogen-bond donors (Lipinski definition) is 1. The number of rotatable bonds is 4. The van der Waals surface area contributed by atoms with Crippen LogP contribution in [0, 0.1) is 0 Å². The molecule has 1 atom stereocenters. The maximum Gasteiger partial charge on any atom is 0.145 e. The highest BCUT2D eigenvalue weighted by atomic mass is 15.3. The molecule has 1 aliphatic rings. The number of anilines is 1. The van der Waals surface area contributed by atoms with Crippen LogP contribution >= 0.6 is 0 Å². The Balaban J connectivity index is 1.64. The fourth-order valence-corrected chi connectivity index (χ4v) is 2.79. The monoisotopic (exact) mass is 257 g/mol. The first-order valence-corrected chi connectivity index (χ1v) is 6.76. The summed E-state index contributed by atoms with van der Waals surface area (Å²) in [6.45, 7) is 3.05. The van der Waals surface area contributed by atoms with Gasteiger partial charge in [-0.3, -0.25) is 14.6 Å². The van der Waals surface area contributed by atoms with E-state index in [1.165, 1.54) is 18.4 Å². The number of pyridine rings is 1. The Kier molecular flexibility index (Phi) is 3.46. The van der Waals surface area contributed by atoms with Gasteiger partial charge in [0.1, 0.15) is 5.82 Å². The van der Waals surface area contributed by atoms with Crippen LogP contribution in [0.25, 0.3) is 0 Å². The van der Waals surface area contributed by atoms with Crippen LogP contribution in [-0.4, -0.2) is 32.8 Å². The Morgan fingerprint density at radius 2 is 2.05 bits per heavy atom. The highest BCUT2D eigenvalue weighted by molar-refractivity contribution is 5.23. The lowest BCUT2D eigenvalue weighted by Gasteiger charge is -2.24. The van der Waals surface area contributed by atoms with Gasteiger partial charge in [0.2, 0.25) is 0 Å². The lowest BCUT2D eigenvalue weighted by atomic mass is 10.1. The second kappa shape index (κ2) is 5.40. The fourth-order valence-electron chi connectivity index (χ4n) is 2.79. The number of nitrogens with zero attached hydrogens (tertiary/aromatic N) is 4. The van der Waals surface area contributed by atoms with Crippen molar-refractivity contribution in [2.75, 3.05) is 18.8 Å². The van der Waals surface area contributed by atoms with E-state index >= 15 is 0 Å². The minimum Gasteiger partial charge on any atom is -0.382 e. The molecule has 2 aromatic heterocycles. The van der Waals surface area contributed by atoms with Crippen LogP contribution in [-0.2, 0) is 6.54 Å². The molecule has 5 nitrogen and oxygen atoms in total. The van der Waals surface area contributed by atoms with Crippen LogP contribution in [0.1, 0.15) is 24.4 Å². The number of nitrogen functional groups attached to an aromatic ring is 1. The van der Waals surface area contributed by atoms with Crippen molar-refractivity contribution in [2.24, 2.45) is 0 Å². The van der Waals surface area contributed by atoms with Gasteiger partial charge in [0.15, 0.2) is 0 Å². The normalized spacial score (nSPS) is 19.9. The summed E-state index contributed by atoms with van der Waals surface area (Å²) in [7, 11) is 0. The summed E-state index contributed by atoms with van der Waals surface area (Å²) in [5, 5.41) is 4.23. The fraction of sp³-hybridized carbons (Fsp3) is 0.429. The quantitative estimate of drug-likeness (QED) is 0.905. The van der Waals surface area contributed by atoms with Gasteiger partial charge in [-0.25, -0.2) is 0 Å². The Labute approximate surface area is 113 Å². The SMILES string of the molecule is Nc1ccn(CCN2CCCC2c2ccncc2)n1. The van der Waals surface area contributed by atoms with E-state index in [4.69, 9.17) is 5.73 Å². The van der Waals surface area contributed by atoms with Crippen LogP contribution in [0.3, 0.4) is 0 Å². The lowest BCUT2D eigenvalue weighted by Crippen LogP contribution is -2.27. The molecule has 0 bridgehead atoms. The van der Waals surface area contributed by atoms with E-state index in [1.807, 2.05) is 29.3 Å². The van der Waals surface area contributed by atoms with Crippen LogP contribution in [0.15, 0.2) is 36.8 Å². The molecule has 19 heavy (non-hydrogen) atoms. The van der Waals surface area contributed by atoms with Crippen molar-refractivity contribution in [1.29, 1.82) is 0 Å². The van der Waals surface area contributed by atoms with Gasteiger partial charge in [0, 0.05) is 31.2 Å². The van der Waals surface area contributed by atoms with Gasteiger partial charge in [-0.2, -0.15) is 5.10 Å². The van der Waals surface area contributed by atoms with Crippen LogP contribution in [0.4, 0.5) is 5.82 Å². The van der Waals surface area contributed by atoms with Gasteiger partial charge in [0.05, 0.1) is 6.54 Å². The molecule has 1 fully saturated rings. The zero-order chi connectivity index (χ0) is 13.1. The summed E-state index contributed by atoms with van der Waals surface area (Å²) >= 11 is 0. The molecular formula is C14H19N5. The molecule has 2 aromatic rings. The van der Waals surface area contributed by atoms with E-state index < -0.39 is 0 Å². The molecule has 1 aliphatic heterocycles. The molecule has 0 amide bonds. The number of hydrogen-bond acceptors (Lipinski definition) is 4. The molecule has 5 heteroatoms. The van der Waals surface area contributed by atoms with E-state index in [0.717, 1.165) is 19.6 Å². The van der Waals surface area contributed by atoms with Crippen molar-refractivity contribution in [1.82, 2.24) is 19.7 Å². The van der Waals surface area contributed by atoms with Gasteiger partial charge >= 0.3 is 0 Å². The van der Waals surface area contributed by atoms with Crippen molar-refractivity contribution in [3.8, 4) is 0 Å². The topological polar surface area (TPSA) is 60.0 Å². The minimum absolute atomic E-state index is 0.524. The van der Waals surface area contributed by atoms with Gasteiger partial charge in [-0.1, -0.05) is 0 Å². The van der Waals surface area contributed by atoms with Gasteiger partial charge in [0.25, 0.3) is 0 Å². The molecule has 0 aromatic carbocycles. The lowest BCUT2D eigenvalue weighted by molar-refractivity contribution is 0.243. The van der Waals surface area contributed by atoms with Crippen LogP contribution in [0.2, 0.25) is 0 Å². The van der Waals surface area contributed by atoms with Crippen molar-refractivity contribution in [3.63, 3.8) is 0 Å². The van der Waals surface area contributed by atoms with Crippen molar-refractivity contribution in [3.05, 3.63) is 42.4 Å². The molecular weight excluding hydrogens is 238 g/mol. The Hall–Kier alpha value is -1.88. The molecule has 0 saturated carbocycles. The number of aromatic nitrogens is 3. The molecule has 1 saturated heterocycles. The highest BCUT2D eigenvalue weighted by Gasteiger charge is 2.25. The summed E-state index contributed by atoms with van der Waals surface area (Å²) in [5.41, 5.74) is 7.00. The van der Waals surface area contributed by atoms with Crippen LogP contribution in [0.5, 0.6) is 0 Å². The van der Waals surface area contributed by atoms with E-state index in [2.05, 4.69) is 27.1 Å². The molecule has 3 heterocycles. The standard InChI is InChI=1S/C14H19N5/c15-14-5-9-19(17-14)11-10-18-8-1-2-13(18)12-3-6-16-7-4-12/h3-7,9,13H,1-2,8,10-11H2,(H2,15,17). The second-order valence-electron chi connectivity index (χ2n) is 4.98. The van der Waals surface area contributed by atoms with Crippen molar-refractivity contribution in [2.45, 2.75) is 25.4 Å². The van der Waals surface area contributed by atoms with E-state index in [0.29, 0.717) is 11.9 Å². The third-order valence-corrected chi connectivity index (χ3v) is 3.73. The average Bonchev–Trinajstić information content (AvgIpc) is 3.06. The summed E-state index contributed by atoms with van der Waals surface area (Å²) in [6.07, 6.45) is 8.17. The maximum atomic E-state index is 5.63. The van der Waals surface area contributed by atoms with E-state index in [1.54, 1.807) is 0 Å². The Bertz CT molecular complexity index is 522. The average molecular weight is 257 g/mol. The third kappa shape index (κ3) is 2.76. The van der Waals surface area contributed by atoms with Gasteiger partial charge < -0.3 is 5.73 Å². The van der Waals surface area contributed by atoms with Crippen molar-refractivity contribution >= 4 is 5.82 Å². The van der Waals surface area contributed by atoms with Gasteiger partial charge in [-0.15, -0.1) is 0 Å². The highest BCUT2D eigenvalue weighted by Crippen LogP contribution is 2.31. The summed E-state index contributed by atoms with van der Waals surface area (Å²) in [5.74, 6) is 0.590. The summed E-state index contributed by atoms with van der Waals surface area (Å²) < 4.78 is 1.91. The van der Waals surface area contributed by atoms with E-state index in [9.17, 15) is 0 Å². The first-order chi connectivity index (χ1) is 9.33. The third-order valence-electron chi connectivity index (χ3n) is 3.73. The number of nitrogens with two attached hydrogens (primary N) is 1. The van der Waals surface area contributed by atoms with E-state index in [-0.39, 0.29) is 0 Å². The first-order valence-electron chi connectivity index (χ1n) is 6.76. The summed E-state index contributed by atoms with van der Waals surface area (Å²) in [4.78, 5) is 6.61. The Morgan fingerprint density at radius 3 is 2.79 bits per heavy atom. The van der Waals surface area contributed by atoms with Crippen molar-refractivity contribution < 1.29 is 0 Å². The summed E-state index contributed by atoms with van der Waals surface area (Å²) in [6, 6.07) is 6.60. The molecule has 0 spiro atoms. The molecule has 100 valence electrons. The second-order valence-corrected chi connectivity index (χ2v) is 4.98. The Morgan fingerprint density at radius 1 is 1.21 bits per heavy atom. The predicted molar refractivity (Wildman–Crippen MR) is 74.4 cm³/mol. The predicted octanol–water partition coefficient (Wildman–Crippen LogP) is 1.70. The largest absolute Gasteiger partial charge is 0.382 e. The zero-order valence-corrected chi connectivity index (χ0v) is 10.9. The number of likely N-dealkylation sites (tertiary alicyclic amines) is 1. The molecule has 1 unspecified atom stereocenters. The molecule has 2 N–H and O–H groups in total. The first kappa shape index (κ1) is 12.2. The minimum atomic E-state index is 0.524. The van der Waals surface area contributed by atoms with Gasteiger partial charge in [-0.05, 0) is 43.1 Å². The molecule has 0 aliphatic carbocycles. The maximum absolute atomic E-state index is 5.63. The molecule has 0 radical (unpaired) electrons. The van der Waals surface area contributed by atoms with Crippen LogP contribution < -0.4 is 5.73 Å². The zero-order valence-electron chi connectivity index (χ0n) is 10.9.